The van der Waals surface area contributed by atoms with Gasteiger partial charge in [-0.1, -0.05) is 0 Å². The predicted octanol–water partition coefficient (Wildman–Crippen LogP) is 1.21. The molecule has 0 aliphatic heterocycles. The quantitative estimate of drug-likeness (QED) is 0.657. The molecule has 0 saturated heterocycles. The molecule has 1 aromatic rings. The van der Waals surface area contributed by atoms with Gasteiger partial charge in [0.1, 0.15) is 0 Å². The van der Waals surface area contributed by atoms with Crippen LogP contribution in [-0.2, 0) is 11.3 Å². The normalized spacial score (nSPS) is 10.8. The SMILES string of the molecule is CCOCCCNCCn1nccc1C. The average molecular weight is 211 g/mol. The van der Waals surface area contributed by atoms with Gasteiger partial charge in [-0.25, -0.2) is 0 Å². The fraction of sp³-hybridized carbons (Fsp3) is 0.727. The molecule has 4 nitrogen and oxygen atoms in total. The van der Waals surface area contributed by atoms with E-state index in [1.54, 1.807) is 0 Å². The number of nitrogens with zero attached hydrogens (tertiary/aromatic N) is 2. The highest BCUT2D eigenvalue weighted by Gasteiger charge is 1.95. The van der Waals surface area contributed by atoms with E-state index in [0.717, 1.165) is 39.3 Å². The summed E-state index contributed by atoms with van der Waals surface area (Å²) < 4.78 is 7.26. The highest BCUT2D eigenvalue weighted by Crippen LogP contribution is 1.93. The third-order valence-electron chi connectivity index (χ3n) is 2.28. The molecule has 0 aliphatic carbocycles. The van der Waals surface area contributed by atoms with E-state index in [1.807, 2.05) is 23.9 Å². The maximum absolute atomic E-state index is 5.25. The molecule has 0 amide bonds. The minimum Gasteiger partial charge on any atom is -0.382 e. The van der Waals surface area contributed by atoms with Crippen molar-refractivity contribution in [1.82, 2.24) is 15.1 Å². The van der Waals surface area contributed by atoms with Gasteiger partial charge in [0.2, 0.25) is 0 Å². The lowest BCUT2D eigenvalue weighted by molar-refractivity contribution is 0.144. The molecule has 1 heterocycles. The fourth-order valence-corrected chi connectivity index (χ4v) is 1.39. The van der Waals surface area contributed by atoms with E-state index in [0.29, 0.717) is 0 Å². The Kier molecular flexibility index (Phi) is 6.04. The molecule has 86 valence electrons. The van der Waals surface area contributed by atoms with Crippen molar-refractivity contribution in [3.05, 3.63) is 18.0 Å². The second kappa shape index (κ2) is 7.43. The number of hydrogen-bond acceptors (Lipinski definition) is 3. The molecular weight excluding hydrogens is 190 g/mol. The number of hydrogen-bond donors (Lipinski definition) is 1. The lowest BCUT2D eigenvalue weighted by Crippen LogP contribution is -2.22. The third-order valence-corrected chi connectivity index (χ3v) is 2.28. The van der Waals surface area contributed by atoms with E-state index >= 15 is 0 Å². The molecular formula is C11H21N3O. The van der Waals surface area contributed by atoms with Gasteiger partial charge in [0, 0.05) is 31.6 Å². The van der Waals surface area contributed by atoms with E-state index in [4.69, 9.17) is 4.74 Å². The highest BCUT2D eigenvalue weighted by molar-refractivity contribution is 4.96. The van der Waals surface area contributed by atoms with Crippen molar-refractivity contribution in [3.8, 4) is 0 Å². The van der Waals surface area contributed by atoms with E-state index < -0.39 is 0 Å². The summed E-state index contributed by atoms with van der Waals surface area (Å²) in [6.07, 6.45) is 2.91. The first kappa shape index (κ1) is 12.2. The van der Waals surface area contributed by atoms with Crippen molar-refractivity contribution in [1.29, 1.82) is 0 Å². The van der Waals surface area contributed by atoms with Gasteiger partial charge in [0.05, 0.1) is 6.54 Å². The Bertz CT molecular complexity index is 260. The maximum atomic E-state index is 5.25. The monoisotopic (exact) mass is 211 g/mol. The van der Waals surface area contributed by atoms with E-state index in [1.165, 1.54) is 5.69 Å². The second-order valence-electron chi connectivity index (χ2n) is 3.50. The van der Waals surface area contributed by atoms with Crippen LogP contribution in [0.25, 0.3) is 0 Å². The van der Waals surface area contributed by atoms with Crippen LogP contribution in [0.3, 0.4) is 0 Å². The van der Waals surface area contributed by atoms with Crippen LogP contribution in [0.5, 0.6) is 0 Å². The standard InChI is InChI=1S/C11H21N3O/c1-3-15-10-4-6-12-8-9-14-11(2)5-7-13-14/h5,7,12H,3-4,6,8-10H2,1-2H3. The van der Waals surface area contributed by atoms with Gasteiger partial charge in [0.15, 0.2) is 0 Å². The van der Waals surface area contributed by atoms with Crippen molar-refractivity contribution in [3.63, 3.8) is 0 Å². The molecule has 0 atom stereocenters. The maximum Gasteiger partial charge on any atom is 0.0537 e. The van der Waals surface area contributed by atoms with Gasteiger partial charge >= 0.3 is 0 Å². The van der Waals surface area contributed by atoms with Crippen LogP contribution < -0.4 is 5.32 Å². The van der Waals surface area contributed by atoms with Gasteiger partial charge in [-0.3, -0.25) is 4.68 Å². The molecule has 0 unspecified atom stereocenters. The van der Waals surface area contributed by atoms with Gasteiger partial charge < -0.3 is 10.1 Å². The van der Waals surface area contributed by atoms with Crippen LogP contribution in [-0.4, -0.2) is 36.1 Å². The molecule has 1 aromatic heterocycles. The Balaban J connectivity index is 1.96. The largest absolute Gasteiger partial charge is 0.382 e. The van der Waals surface area contributed by atoms with Gasteiger partial charge in [-0.15, -0.1) is 0 Å². The summed E-state index contributed by atoms with van der Waals surface area (Å²) in [7, 11) is 0. The first-order chi connectivity index (χ1) is 7.34. The zero-order valence-electron chi connectivity index (χ0n) is 9.70. The predicted molar refractivity (Wildman–Crippen MR) is 60.9 cm³/mol. The number of aromatic nitrogens is 2. The zero-order valence-corrected chi connectivity index (χ0v) is 9.70. The van der Waals surface area contributed by atoms with Crippen LogP contribution in [0.1, 0.15) is 19.0 Å². The van der Waals surface area contributed by atoms with E-state index in [2.05, 4.69) is 17.3 Å². The topological polar surface area (TPSA) is 39.1 Å². The summed E-state index contributed by atoms with van der Waals surface area (Å²) in [5.41, 5.74) is 1.21. The Hall–Kier alpha value is -0.870. The first-order valence-electron chi connectivity index (χ1n) is 5.61. The minimum absolute atomic E-state index is 0.812. The van der Waals surface area contributed by atoms with Gasteiger partial charge in [-0.2, -0.15) is 5.10 Å². The average Bonchev–Trinajstić information content (AvgIpc) is 2.63. The molecule has 0 fully saturated rings. The molecule has 0 radical (unpaired) electrons. The molecule has 0 bridgehead atoms. The summed E-state index contributed by atoms with van der Waals surface area (Å²) in [4.78, 5) is 0. The summed E-state index contributed by atoms with van der Waals surface area (Å²) in [5.74, 6) is 0. The second-order valence-corrected chi connectivity index (χ2v) is 3.50. The van der Waals surface area contributed by atoms with Crippen molar-refractivity contribution in [2.75, 3.05) is 26.3 Å². The Labute approximate surface area is 91.6 Å². The molecule has 4 heteroatoms. The summed E-state index contributed by atoms with van der Waals surface area (Å²) in [5, 5.41) is 7.58. The van der Waals surface area contributed by atoms with Crippen molar-refractivity contribution in [2.24, 2.45) is 0 Å². The van der Waals surface area contributed by atoms with Crippen LogP contribution >= 0.6 is 0 Å². The molecule has 0 spiro atoms. The Morgan fingerprint density at radius 1 is 1.47 bits per heavy atom. The van der Waals surface area contributed by atoms with Gasteiger partial charge in [-0.05, 0) is 32.9 Å². The van der Waals surface area contributed by atoms with Crippen LogP contribution in [0.2, 0.25) is 0 Å². The van der Waals surface area contributed by atoms with Crippen LogP contribution in [0, 0.1) is 6.92 Å². The number of aryl methyl sites for hydroxylation is 1. The molecule has 1 rings (SSSR count). The lowest BCUT2D eigenvalue weighted by Gasteiger charge is -2.06. The molecule has 15 heavy (non-hydrogen) atoms. The number of rotatable bonds is 8. The first-order valence-corrected chi connectivity index (χ1v) is 5.61. The fourth-order valence-electron chi connectivity index (χ4n) is 1.39. The summed E-state index contributed by atoms with van der Waals surface area (Å²) >= 11 is 0. The van der Waals surface area contributed by atoms with Crippen molar-refractivity contribution in [2.45, 2.75) is 26.8 Å². The summed E-state index contributed by atoms with van der Waals surface area (Å²) in [6, 6.07) is 2.02. The minimum atomic E-state index is 0.812. The molecule has 1 N–H and O–H groups in total. The number of nitrogens with one attached hydrogen (secondary N) is 1. The van der Waals surface area contributed by atoms with Crippen molar-refractivity contribution >= 4 is 0 Å². The van der Waals surface area contributed by atoms with Crippen molar-refractivity contribution < 1.29 is 4.74 Å². The molecule has 0 aliphatic rings. The molecule has 0 saturated carbocycles. The third kappa shape index (κ3) is 4.95. The number of ether oxygens (including phenoxy) is 1. The Morgan fingerprint density at radius 3 is 3.00 bits per heavy atom. The highest BCUT2D eigenvalue weighted by atomic mass is 16.5. The van der Waals surface area contributed by atoms with Crippen LogP contribution in [0.4, 0.5) is 0 Å². The smallest absolute Gasteiger partial charge is 0.0537 e. The Morgan fingerprint density at radius 2 is 2.33 bits per heavy atom. The van der Waals surface area contributed by atoms with E-state index in [9.17, 15) is 0 Å². The lowest BCUT2D eigenvalue weighted by atomic mass is 10.4. The zero-order chi connectivity index (χ0) is 10.9. The van der Waals surface area contributed by atoms with Crippen LogP contribution in [0.15, 0.2) is 12.3 Å². The molecule has 0 aromatic carbocycles. The van der Waals surface area contributed by atoms with Gasteiger partial charge in [0.25, 0.3) is 0 Å². The summed E-state index contributed by atoms with van der Waals surface area (Å²) in [6.45, 7) is 8.68. The van der Waals surface area contributed by atoms with E-state index in [-0.39, 0.29) is 0 Å².